The van der Waals surface area contributed by atoms with E-state index in [2.05, 4.69) is 39.8 Å². The summed E-state index contributed by atoms with van der Waals surface area (Å²) in [5, 5.41) is 13.1. The molecule has 0 saturated heterocycles. The number of hydrogen-bond acceptors (Lipinski definition) is 8. The second kappa shape index (κ2) is 24.0. The Kier molecular flexibility index (Phi) is 25.5. The van der Waals surface area contributed by atoms with Crippen LogP contribution in [0.1, 0.15) is 13.3 Å². The van der Waals surface area contributed by atoms with Crippen LogP contribution in [0, 0.1) is 0 Å². The van der Waals surface area contributed by atoms with Gasteiger partial charge in [-0.05, 0) is 6.08 Å². The highest BCUT2D eigenvalue weighted by atomic mass is 16.5. The van der Waals surface area contributed by atoms with Crippen LogP contribution in [-0.4, -0.2) is 68.3 Å². The molecule has 0 aromatic rings. The first-order valence-corrected chi connectivity index (χ1v) is 8.39. The van der Waals surface area contributed by atoms with Gasteiger partial charge in [-0.15, -0.1) is 0 Å². The van der Waals surface area contributed by atoms with Crippen LogP contribution in [0.2, 0.25) is 0 Å². The summed E-state index contributed by atoms with van der Waals surface area (Å²) in [6, 6.07) is 0. The van der Waals surface area contributed by atoms with Gasteiger partial charge in [0.1, 0.15) is 13.2 Å². The number of amides is 2. The Labute approximate surface area is 165 Å². The van der Waals surface area contributed by atoms with Crippen molar-refractivity contribution >= 4 is 23.8 Å². The Morgan fingerprint density at radius 3 is 1.86 bits per heavy atom. The van der Waals surface area contributed by atoms with Crippen molar-refractivity contribution in [3.8, 4) is 0 Å². The highest BCUT2D eigenvalue weighted by Gasteiger charge is 1.95. The molecule has 28 heavy (non-hydrogen) atoms. The van der Waals surface area contributed by atoms with Gasteiger partial charge in [-0.1, -0.05) is 26.7 Å². The maximum atomic E-state index is 10.5. The van der Waals surface area contributed by atoms with E-state index in [9.17, 15) is 19.2 Å². The number of rotatable bonds is 11. The van der Waals surface area contributed by atoms with Crippen LogP contribution in [-0.2, 0) is 28.7 Å². The Balaban J connectivity index is -0.000000347. The lowest BCUT2D eigenvalue weighted by molar-refractivity contribution is -0.138. The van der Waals surface area contributed by atoms with Gasteiger partial charge < -0.3 is 30.9 Å². The van der Waals surface area contributed by atoms with Crippen molar-refractivity contribution < 1.29 is 33.8 Å². The van der Waals surface area contributed by atoms with Gasteiger partial charge in [-0.3, -0.25) is 9.59 Å². The molecule has 2 amide bonds. The molecule has 0 rings (SSSR count). The van der Waals surface area contributed by atoms with Crippen molar-refractivity contribution in [2.24, 2.45) is 5.73 Å². The van der Waals surface area contributed by atoms with Crippen molar-refractivity contribution in [2.45, 2.75) is 13.3 Å². The van der Waals surface area contributed by atoms with Crippen molar-refractivity contribution in [3.05, 3.63) is 38.0 Å². The summed E-state index contributed by atoms with van der Waals surface area (Å²) in [7, 11) is 0. The first-order valence-electron chi connectivity index (χ1n) is 8.39. The van der Waals surface area contributed by atoms with E-state index in [1.165, 1.54) is 0 Å². The summed E-state index contributed by atoms with van der Waals surface area (Å²) < 4.78 is 9.04. The van der Waals surface area contributed by atoms with E-state index >= 15 is 0 Å². The van der Waals surface area contributed by atoms with Gasteiger partial charge in [0, 0.05) is 31.7 Å². The third-order valence-corrected chi connectivity index (χ3v) is 2.28. The third-order valence-electron chi connectivity index (χ3n) is 2.28. The average Bonchev–Trinajstić information content (AvgIpc) is 2.73. The lowest BCUT2D eigenvalue weighted by Gasteiger charge is -2.01. The largest absolute Gasteiger partial charge is 0.461 e. The lowest BCUT2D eigenvalue weighted by Crippen LogP contribution is -2.25. The molecule has 160 valence electrons. The molecule has 0 aromatic heterocycles. The molecule has 0 atom stereocenters. The summed E-state index contributed by atoms with van der Waals surface area (Å²) >= 11 is 0. The fraction of sp³-hybridized carbons (Fsp3) is 0.444. The molecule has 0 aliphatic rings. The number of esters is 2. The number of carbonyl (C=O) groups excluding carboxylic acids is 4. The highest BCUT2D eigenvalue weighted by Crippen LogP contribution is 1.77. The van der Waals surface area contributed by atoms with Crippen LogP contribution in [0.25, 0.3) is 0 Å². The van der Waals surface area contributed by atoms with Crippen molar-refractivity contribution in [3.63, 3.8) is 0 Å². The second-order valence-corrected chi connectivity index (χ2v) is 4.45. The molecule has 0 unspecified atom stereocenters. The monoisotopic (exact) mass is 401 g/mol. The lowest BCUT2D eigenvalue weighted by atomic mass is 10.4. The van der Waals surface area contributed by atoms with Gasteiger partial charge in [0.05, 0.1) is 13.2 Å². The number of nitrogens with one attached hydrogen (secondary N) is 2. The maximum Gasteiger partial charge on any atom is 0.330 e. The number of aliphatic hydroxyl groups is 1. The van der Waals surface area contributed by atoms with Gasteiger partial charge >= 0.3 is 11.9 Å². The van der Waals surface area contributed by atoms with Gasteiger partial charge in [-0.2, -0.15) is 0 Å². The van der Waals surface area contributed by atoms with E-state index in [4.69, 9.17) is 10.8 Å². The zero-order chi connectivity index (χ0) is 22.2. The predicted molar refractivity (Wildman–Crippen MR) is 105 cm³/mol. The van der Waals surface area contributed by atoms with Gasteiger partial charge in [0.25, 0.3) is 0 Å². The Hall–Kier alpha value is -2.98. The number of hydrogen-bond donors (Lipinski definition) is 4. The summed E-state index contributed by atoms with van der Waals surface area (Å²) in [5.74, 6) is -1.22. The van der Waals surface area contributed by atoms with Crippen LogP contribution in [0.3, 0.4) is 0 Å². The molecule has 0 heterocycles. The molecular weight excluding hydrogens is 370 g/mol. The molecule has 0 aromatic carbocycles. The SMILES string of the molecule is C=CC(=O)NCCOC(=O)C=C.C=CC(=O)OCCN.CCC(=O)NCCO. The molecular formula is C18H31N3O7. The molecule has 0 bridgehead atoms. The zero-order valence-corrected chi connectivity index (χ0v) is 16.3. The molecule has 0 aliphatic carbocycles. The standard InChI is InChI=1S/C8H11NO3.C5H9NO2.C5H11NO2/c1-3-7(10)9-5-6-12-8(11)4-2;1-2-5(7)8-4-3-6;1-2-5(8)6-3-4-7/h3-4H,1-2,5-6H2,(H,9,10);2H,1,3-4,6H2;7H,2-4H2,1H3,(H,6,8). The third kappa shape index (κ3) is 27.8. The smallest absolute Gasteiger partial charge is 0.330 e. The van der Waals surface area contributed by atoms with Crippen molar-refractivity contribution in [2.75, 3.05) is 39.5 Å². The number of ether oxygens (including phenoxy) is 2. The Bertz CT molecular complexity index is 472. The summed E-state index contributed by atoms with van der Waals surface area (Å²) in [5.41, 5.74) is 5.02. The molecule has 0 aliphatic heterocycles. The first-order chi connectivity index (χ1) is 13.3. The van der Waals surface area contributed by atoms with E-state index in [1.54, 1.807) is 6.92 Å². The van der Waals surface area contributed by atoms with Crippen molar-refractivity contribution in [1.29, 1.82) is 0 Å². The van der Waals surface area contributed by atoms with Crippen LogP contribution >= 0.6 is 0 Å². The minimum Gasteiger partial charge on any atom is -0.461 e. The van der Waals surface area contributed by atoms with Crippen LogP contribution in [0.4, 0.5) is 0 Å². The number of carbonyl (C=O) groups is 4. The minimum absolute atomic E-state index is 0.0148. The Morgan fingerprint density at radius 2 is 1.46 bits per heavy atom. The summed E-state index contributed by atoms with van der Waals surface area (Å²) in [4.78, 5) is 41.5. The van der Waals surface area contributed by atoms with E-state index in [1.807, 2.05) is 0 Å². The quantitative estimate of drug-likeness (QED) is 0.199. The van der Waals surface area contributed by atoms with Gasteiger partial charge in [0.15, 0.2) is 0 Å². The average molecular weight is 401 g/mol. The fourth-order valence-corrected chi connectivity index (χ4v) is 0.996. The van der Waals surface area contributed by atoms with E-state index in [0.717, 1.165) is 18.2 Å². The molecule has 5 N–H and O–H groups in total. The molecule has 0 saturated carbocycles. The summed E-state index contributed by atoms with van der Waals surface area (Å²) in [6.07, 6.45) is 3.81. The molecule has 10 nitrogen and oxygen atoms in total. The zero-order valence-electron chi connectivity index (χ0n) is 16.3. The van der Waals surface area contributed by atoms with Crippen LogP contribution in [0.15, 0.2) is 38.0 Å². The fourth-order valence-electron chi connectivity index (χ4n) is 0.996. The molecule has 0 spiro atoms. The van der Waals surface area contributed by atoms with Crippen molar-refractivity contribution in [1.82, 2.24) is 10.6 Å². The highest BCUT2D eigenvalue weighted by molar-refractivity contribution is 5.86. The molecule has 10 heteroatoms. The van der Waals surface area contributed by atoms with E-state index in [0.29, 0.717) is 19.5 Å². The first kappa shape index (κ1) is 29.8. The van der Waals surface area contributed by atoms with Gasteiger partial charge in [-0.25, -0.2) is 9.59 Å². The van der Waals surface area contributed by atoms with E-state index in [-0.39, 0.29) is 38.2 Å². The number of nitrogens with two attached hydrogens (primary N) is 1. The maximum absolute atomic E-state index is 10.5. The van der Waals surface area contributed by atoms with Crippen LogP contribution in [0.5, 0.6) is 0 Å². The Morgan fingerprint density at radius 1 is 0.929 bits per heavy atom. The summed E-state index contributed by atoms with van der Waals surface area (Å²) in [6.45, 7) is 12.9. The predicted octanol–water partition coefficient (Wildman–Crippen LogP) is -0.803. The minimum atomic E-state index is -0.497. The molecule has 0 radical (unpaired) electrons. The second-order valence-electron chi connectivity index (χ2n) is 4.45. The van der Waals surface area contributed by atoms with E-state index < -0.39 is 11.9 Å². The number of aliphatic hydroxyl groups excluding tert-OH is 1. The van der Waals surface area contributed by atoms with Gasteiger partial charge in [0.2, 0.25) is 11.8 Å². The molecule has 0 fully saturated rings. The normalized spacial score (nSPS) is 8.39. The topological polar surface area (TPSA) is 157 Å². The van der Waals surface area contributed by atoms with Crippen LogP contribution < -0.4 is 16.4 Å².